The van der Waals surface area contributed by atoms with E-state index >= 15 is 0 Å². The van der Waals surface area contributed by atoms with Crippen LogP contribution in [0.25, 0.3) is 0 Å². The molecular formula is C22H31NO4. The van der Waals surface area contributed by atoms with E-state index in [1.54, 1.807) is 0 Å². The Morgan fingerprint density at radius 3 is 2.15 bits per heavy atom. The summed E-state index contributed by atoms with van der Waals surface area (Å²) in [6.45, 7) is 1.97. The monoisotopic (exact) mass is 373 g/mol. The lowest BCUT2D eigenvalue weighted by Crippen LogP contribution is -2.24. The molecule has 2 fully saturated rings. The number of carbonyl (C=O) groups is 2. The molecule has 2 saturated carbocycles. The number of nitrogens with one attached hydrogen (secondary N) is 1. The lowest BCUT2D eigenvalue weighted by Gasteiger charge is -2.22. The van der Waals surface area contributed by atoms with E-state index in [2.05, 4.69) is 5.32 Å². The van der Waals surface area contributed by atoms with E-state index in [0.717, 1.165) is 62.5 Å². The SMILES string of the molecule is Cc1ccc(NC(=O)OC2CCCCC2)cc1CC(=O)OC1CCCCC1. The highest BCUT2D eigenvalue weighted by Gasteiger charge is 2.20. The first-order valence-electron chi connectivity index (χ1n) is 10.4. The minimum absolute atomic E-state index is 0.0224. The Kier molecular flexibility index (Phi) is 7.13. The minimum atomic E-state index is -0.415. The molecule has 148 valence electrons. The van der Waals surface area contributed by atoms with E-state index in [0.29, 0.717) is 5.69 Å². The fourth-order valence-corrected chi connectivity index (χ4v) is 3.99. The molecule has 5 nitrogen and oxygen atoms in total. The molecule has 0 radical (unpaired) electrons. The molecule has 0 saturated heterocycles. The van der Waals surface area contributed by atoms with Crippen molar-refractivity contribution in [1.29, 1.82) is 0 Å². The number of hydrogen-bond acceptors (Lipinski definition) is 4. The fourth-order valence-electron chi connectivity index (χ4n) is 3.99. The van der Waals surface area contributed by atoms with Crippen molar-refractivity contribution in [3.63, 3.8) is 0 Å². The summed E-state index contributed by atoms with van der Waals surface area (Å²) in [5.74, 6) is -0.188. The standard InChI is InChI=1S/C22H31NO4/c1-16-12-13-18(23-22(25)27-20-10-6-3-7-11-20)14-17(16)15-21(24)26-19-8-4-2-5-9-19/h12-14,19-20H,2-11,15H2,1H3,(H,23,25). The van der Waals surface area contributed by atoms with Crippen LogP contribution >= 0.6 is 0 Å². The molecule has 3 rings (SSSR count). The van der Waals surface area contributed by atoms with Gasteiger partial charge >= 0.3 is 12.1 Å². The van der Waals surface area contributed by atoms with Gasteiger partial charge in [0.1, 0.15) is 12.2 Å². The number of hydrogen-bond donors (Lipinski definition) is 1. The van der Waals surface area contributed by atoms with Crippen LogP contribution in [0.5, 0.6) is 0 Å². The van der Waals surface area contributed by atoms with Crippen LogP contribution in [0.15, 0.2) is 18.2 Å². The molecule has 1 amide bonds. The quantitative estimate of drug-likeness (QED) is 0.712. The van der Waals surface area contributed by atoms with Gasteiger partial charge in [-0.05, 0) is 81.5 Å². The first-order chi connectivity index (χ1) is 13.1. The summed E-state index contributed by atoms with van der Waals surface area (Å²) in [5, 5.41) is 2.80. The first-order valence-corrected chi connectivity index (χ1v) is 10.4. The molecule has 0 spiro atoms. The summed E-state index contributed by atoms with van der Waals surface area (Å²) in [6.07, 6.45) is 10.7. The number of anilines is 1. The highest BCUT2D eigenvalue weighted by Crippen LogP contribution is 2.23. The largest absolute Gasteiger partial charge is 0.462 e. The van der Waals surface area contributed by atoms with Crippen LogP contribution < -0.4 is 5.32 Å². The van der Waals surface area contributed by atoms with Gasteiger partial charge < -0.3 is 9.47 Å². The zero-order valence-corrected chi connectivity index (χ0v) is 16.3. The van der Waals surface area contributed by atoms with E-state index in [1.165, 1.54) is 12.8 Å². The average Bonchev–Trinajstić information content (AvgIpc) is 2.66. The fraction of sp³-hybridized carbons (Fsp3) is 0.636. The van der Waals surface area contributed by atoms with Gasteiger partial charge in [-0.3, -0.25) is 10.1 Å². The van der Waals surface area contributed by atoms with Crippen LogP contribution in [0.3, 0.4) is 0 Å². The van der Waals surface area contributed by atoms with Crippen LogP contribution in [0.4, 0.5) is 10.5 Å². The second kappa shape index (κ2) is 9.77. The van der Waals surface area contributed by atoms with E-state index < -0.39 is 6.09 Å². The molecule has 27 heavy (non-hydrogen) atoms. The van der Waals surface area contributed by atoms with Crippen molar-refractivity contribution < 1.29 is 19.1 Å². The summed E-state index contributed by atoms with van der Waals surface area (Å²) in [5.41, 5.74) is 2.55. The molecule has 0 bridgehead atoms. The lowest BCUT2D eigenvalue weighted by atomic mass is 9.97. The first kappa shape index (κ1) is 19.7. The van der Waals surface area contributed by atoms with Gasteiger partial charge in [0.15, 0.2) is 0 Å². The number of aryl methyl sites for hydroxylation is 1. The molecule has 0 aromatic heterocycles. The van der Waals surface area contributed by atoms with E-state index in [9.17, 15) is 9.59 Å². The van der Waals surface area contributed by atoms with Crippen molar-refractivity contribution in [2.24, 2.45) is 0 Å². The van der Waals surface area contributed by atoms with Crippen molar-refractivity contribution in [3.05, 3.63) is 29.3 Å². The van der Waals surface area contributed by atoms with Crippen LogP contribution in [0.2, 0.25) is 0 Å². The number of carbonyl (C=O) groups excluding carboxylic acids is 2. The maximum Gasteiger partial charge on any atom is 0.411 e. The molecule has 0 heterocycles. The van der Waals surface area contributed by atoms with Gasteiger partial charge in [-0.1, -0.05) is 18.9 Å². The van der Waals surface area contributed by atoms with Crippen molar-refractivity contribution in [2.45, 2.75) is 89.8 Å². The van der Waals surface area contributed by atoms with Gasteiger partial charge in [0, 0.05) is 5.69 Å². The van der Waals surface area contributed by atoms with Crippen LogP contribution in [-0.2, 0) is 20.7 Å². The van der Waals surface area contributed by atoms with Crippen molar-refractivity contribution >= 4 is 17.7 Å². The number of amides is 1. The molecule has 1 N–H and O–H groups in total. The summed E-state index contributed by atoms with van der Waals surface area (Å²) in [6, 6.07) is 5.60. The van der Waals surface area contributed by atoms with Gasteiger partial charge in [0.05, 0.1) is 6.42 Å². The van der Waals surface area contributed by atoms with Crippen molar-refractivity contribution in [2.75, 3.05) is 5.32 Å². The summed E-state index contributed by atoms with van der Waals surface area (Å²) >= 11 is 0. The second-order valence-electron chi connectivity index (χ2n) is 7.86. The Bertz CT molecular complexity index is 646. The van der Waals surface area contributed by atoms with Gasteiger partial charge in [-0.2, -0.15) is 0 Å². The third-order valence-corrected chi connectivity index (χ3v) is 5.61. The van der Waals surface area contributed by atoms with Gasteiger partial charge in [0.25, 0.3) is 0 Å². The molecule has 1 aromatic carbocycles. The molecule has 0 aliphatic heterocycles. The van der Waals surface area contributed by atoms with Crippen LogP contribution in [0, 0.1) is 6.92 Å². The van der Waals surface area contributed by atoms with E-state index in [4.69, 9.17) is 9.47 Å². The Hall–Kier alpha value is -2.04. The lowest BCUT2D eigenvalue weighted by molar-refractivity contribution is -0.149. The van der Waals surface area contributed by atoms with Crippen molar-refractivity contribution in [1.82, 2.24) is 0 Å². The van der Waals surface area contributed by atoms with Gasteiger partial charge in [-0.15, -0.1) is 0 Å². The maximum absolute atomic E-state index is 12.3. The Labute approximate surface area is 161 Å². The zero-order chi connectivity index (χ0) is 19.1. The van der Waals surface area contributed by atoms with Crippen molar-refractivity contribution in [3.8, 4) is 0 Å². The van der Waals surface area contributed by atoms with E-state index in [-0.39, 0.29) is 24.6 Å². The smallest absolute Gasteiger partial charge is 0.411 e. The summed E-state index contributed by atoms with van der Waals surface area (Å²) in [4.78, 5) is 24.4. The molecule has 2 aliphatic rings. The normalized spacial score (nSPS) is 18.7. The third-order valence-electron chi connectivity index (χ3n) is 5.61. The molecule has 0 atom stereocenters. The van der Waals surface area contributed by atoms with E-state index in [1.807, 2.05) is 25.1 Å². The molecule has 2 aliphatic carbocycles. The summed E-state index contributed by atoms with van der Waals surface area (Å²) in [7, 11) is 0. The molecular weight excluding hydrogens is 342 g/mol. The second-order valence-corrected chi connectivity index (χ2v) is 7.86. The number of ether oxygens (including phenoxy) is 2. The van der Waals surface area contributed by atoms with Gasteiger partial charge in [-0.25, -0.2) is 4.79 Å². The topological polar surface area (TPSA) is 64.6 Å². The Balaban J connectivity index is 1.53. The Morgan fingerprint density at radius 1 is 0.926 bits per heavy atom. The molecule has 0 unspecified atom stereocenters. The van der Waals surface area contributed by atoms with Gasteiger partial charge in [0.2, 0.25) is 0 Å². The highest BCUT2D eigenvalue weighted by molar-refractivity contribution is 5.85. The molecule has 5 heteroatoms. The number of esters is 1. The highest BCUT2D eigenvalue weighted by atomic mass is 16.6. The number of rotatable bonds is 5. The maximum atomic E-state index is 12.3. The van der Waals surface area contributed by atoms with Crippen LogP contribution in [0.1, 0.15) is 75.3 Å². The Morgan fingerprint density at radius 2 is 1.52 bits per heavy atom. The van der Waals surface area contributed by atoms with Crippen LogP contribution in [-0.4, -0.2) is 24.3 Å². The zero-order valence-electron chi connectivity index (χ0n) is 16.3. The average molecular weight is 373 g/mol. The summed E-state index contributed by atoms with van der Waals surface area (Å²) < 4.78 is 11.1. The molecule has 1 aromatic rings. The third kappa shape index (κ3) is 6.26. The predicted octanol–water partition coefficient (Wildman–Crippen LogP) is 5.29. The number of benzene rings is 1. The predicted molar refractivity (Wildman–Crippen MR) is 105 cm³/mol. The minimum Gasteiger partial charge on any atom is -0.462 e.